The number of nitrogens with zero attached hydrogens (tertiary/aromatic N) is 2. The van der Waals surface area contributed by atoms with E-state index in [4.69, 9.17) is 0 Å². The van der Waals surface area contributed by atoms with Gasteiger partial charge >= 0.3 is 0 Å². The maximum atomic E-state index is 13.0. The van der Waals surface area contributed by atoms with Crippen LogP contribution in [0.4, 0.5) is 10.2 Å². The number of hydrogen-bond donors (Lipinski definition) is 2. The van der Waals surface area contributed by atoms with Gasteiger partial charge in [0.1, 0.15) is 10.7 Å². The van der Waals surface area contributed by atoms with Gasteiger partial charge in [0.15, 0.2) is 5.82 Å². The van der Waals surface area contributed by atoms with E-state index < -0.39 is 15.8 Å². The van der Waals surface area contributed by atoms with Gasteiger partial charge in [0, 0.05) is 18.0 Å². The summed E-state index contributed by atoms with van der Waals surface area (Å²) in [7, 11) is -3.88. The minimum absolute atomic E-state index is 0.160. The fraction of sp³-hybridized carbons (Fsp3) is 0.273. The minimum Gasteiger partial charge on any atom is -0.280 e. The quantitative estimate of drug-likeness (QED) is 0.897. The van der Waals surface area contributed by atoms with Gasteiger partial charge in [-0.25, -0.2) is 12.8 Å². The van der Waals surface area contributed by atoms with Crippen LogP contribution in [0.25, 0.3) is 0 Å². The monoisotopic (exact) mass is 284 g/mol. The lowest BCUT2D eigenvalue weighted by Crippen LogP contribution is -2.13. The summed E-state index contributed by atoms with van der Waals surface area (Å²) in [5.74, 6) is -0.359. The van der Waals surface area contributed by atoms with Crippen LogP contribution >= 0.6 is 0 Å². The maximum Gasteiger partial charge on any atom is 0.264 e. The van der Waals surface area contributed by atoms with Crippen molar-refractivity contribution in [2.24, 2.45) is 0 Å². The highest BCUT2D eigenvalue weighted by Gasteiger charge is 2.17. The number of hydrogen-bond acceptors (Lipinski definition) is 4. The van der Waals surface area contributed by atoms with E-state index >= 15 is 0 Å². The molecule has 0 aliphatic carbocycles. The first kappa shape index (κ1) is 13.5. The molecule has 0 bridgehead atoms. The molecule has 0 amide bonds. The van der Waals surface area contributed by atoms with Crippen molar-refractivity contribution in [3.63, 3.8) is 0 Å². The van der Waals surface area contributed by atoms with Gasteiger partial charge in [-0.2, -0.15) is 5.10 Å². The lowest BCUT2D eigenvalue weighted by molar-refractivity contribution is 0.592. The molecule has 102 valence electrons. The molecule has 0 aromatic carbocycles. The third-order valence-corrected chi connectivity index (χ3v) is 3.77. The van der Waals surface area contributed by atoms with Crippen molar-refractivity contribution in [2.75, 3.05) is 4.72 Å². The molecule has 0 saturated carbocycles. The van der Waals surface area contributed by atoms with Crippen LogP contribution in [-0.2, 0) is 10.0 Å². The predicted molar refractivity (Wildman–Crippen MR) is 67.7 cm³/mol. The average Bonchev–Trinajstić information content (AvgIpc) is 2.77. The summed E-state index contributed by atoms with van der Waals surface area (Å²) in [6.07, 6.45) is 2.01. The van der Waals surface area contributed by atoms with Crippen LogP contribution in [0.15, 0.2) is 29.4 Å². The fourth-order valence-corrected chi connectivity index (χ4v) is 2.39. The van der Waals surface area contributed by atoms with Gasteiger partial charge in [0.2, 0.25) is 0 Å². The van der Waals surface area contributed by atoms with Gasteiger partial charge in [-0.3, -0.25) is 14.8 Å². The van der Waals surface area contributed by atoms with Gasteiger partial charge < -0.3 is 0 Å². The van der Waals surface area contributed by atoms with Crippen molar-refractivity contribution in [3.05, 3.63) is 36.0 Å². The Morgan fingerprint density at radius 2 is 2.05 bits per heavy atom. The Morgan fingerprint density at radius 1 is 1.32 bits per heavy atom. The Hall–Kier alpha value is -1.96. The SMILES string of the molecule is CC(C)c1cc(NS(=O)(=O)c2cncc(F)c2)n[nH]1. The smallest absolute Gasteiger partial charge is 0.264 e. The van der Waals surface area contributed by atoms with Gasteiger partial charge in [-0.1, -0.05) is 13.8 Å². The number of aromatic nitrogens is 3. The average molecular weight is 284 g/mol. The number of rotatable bonds is 4. The van der Waals surface area contributed by atoms with Crippen molar-refractivity contribution in [1.82, 2.24) is 15.2 Å². The largest absolute Gasteiger partial charge is 0.280 e. The van der Waals surface area contributed by atoms with Crippen LogP contribution in [0, 0.1) is 5.82 Å². The minimum atomic E-state index is -3.88. The first-order chi connectivity index (χ1) is 8.88. The van der Waals surface area contributed by atoms with Crippen LogP contribution in [0.3, 0.4) is 0 Å². The maximum absolute atomic E-state index is 13.0. The summed E-state index contributed by atoms with van der Waals surface area (Å²) in [6.45, 7) is 3.89. The van der Waals surface area contributed by atoms with Gasteiger partial charge in [-0.15, -0.1) is 0 Å². The molecule has 19 heavy (non-hydrogen) atoms. The van der Waals surface area contributed by atoms with E-state index in [1.165, 1.54) is 0 Å². The molecular weight excluding hydrogens is 271 g/mol. The summed E-state index contributed by atoms with van der Waals surface area (Å²) in [4.78, 5) is 3.25. The van der Waals surface area contributed by atoms with E-state index in [0.717, 1.165) is 24.2 Å². The summed E-state index contributed by atoms with van der Waals surface area (Å²) in [6, 6.07) is 2.49. The van der Waals surface area contributed by atoms with Crippen molar-refractivity contribution in [3.8, 4) is 0 Å². The molecule has 8 heteroatoms. The lowest BCUT2D eigenvalue weighted by Gasteiger charge is -2.04. The highest BCUT2D eigenvalue weighted by Crippen LogP contribution is 2.18. The van der Waals surface area contributed by atoms with Gasteiger partial charge in [-0.05, 0) is 12.0 Å². The molecule has 0 unspecified atom stereocenters. The van der Waals surface area contributed by atoms with E-state index in [-0.39, 0.29) is 16.6 Å². The van der Waals surface area contributed by atoms with E-state index in [9.17, 15) is 12.8 Å². The van der Waals surface area contributed by atoms with Gasteiger partial charge in [0.25, 0.3) is 10.0 Å². The van der Waals surface area contributed by atoms with Crippen LogP contribution < -0.4 is 4.72 Å². The Kier molecular flexibility index (Phi) is 3.52. The third kappa shape index (κ3) is 3.08. The van der Waals surface area contributed by atoms with Crippen molar-refractivity contribution < 1.29 is 12.8 Å². The molecule has 2 aromatic heterocycles. The topological polar surface area (TPSA) is 87.7 Å². The Labute approximate surface area is 110 Å². The molecule has 0 aliphatic rings. The van der Waals surface area contributed by atoms with Crippen LogP contribution in [0.2, 0.25) is 0 Å². The van der Waals surface area contributed by atoms with Crippen LogP contribution in [0.1, 0.15) is 25.5 Å². The predicted octanol–water partition coefficient (Wildman–Crippen LogP) is 1.87. The first-order valence-electron chi connectivity index (χ1n) is 5.57. The number of H-pyrrole nitrogens is 1. The third-order valence-electron chi connectivity index (χ3n) is 2.45. The van der Waals surface area contributed by atoms with Crippen molar-refractivity contribution >= 4 is 15.8 Å². The normalized spacial score (nSPS) is 11.8. The Balaban J connectivity index is 2.26. The Bertz CT molecular complexity index is 682. The van der Waals surface area contributed by atoms with E-state index in [1.807, 2.05) is 13.8 Å². The lowest BCUT2D eigenvalue weighted by atomic mass is 10.1. The molecule has 2 aromatic rings. The standard InChI is InChI=1S/C11H13FN4O2S/c1-7(2)10-4-11(15-14-10)16-19(17,18)9-3-8(12)5-13-6-9/h3-7H,1-2H3,(H2,14,15,16). The second-order valence-corrected chi connectivity index (χ2v) is 5.99. The Morgan fingerprint density at radius 3 is 2.63 bits per heavy atom. The van der Waals surface area contributed by atoms with E-state index in [1.54, 1.807) is 6.07 Å². The molecule has 0 saturated heterocycles. The zero-order valence-corrected chi connectivity index (χ0v) is 11.2. The summed E-state index contributed by atoms with van der Waals surface area (Å²) >= 11 is 0. The highest BCUT2D eigenvalue weighted by atomic mass is 32.2. The number of nitrogens with one attached hydrogen (secondary N) is 2. The second kappa shape index (κ2) is 4.96. The molecule has 0 radical (unpaired) electrons. The number of anilines is 1. The van der Waals surface area contributed by atoms with E-state index in [0.29, 0.717) is 0 Å². The van der Waals surface area contributed by atoms with Crippen LogP contribution in [0.5, 0.6) is 0 Å². The van der Waals surface area contributed by atoms with E-state index in [2.05, 4.69) is 19.9 Å². The molecule has 0 aliphatic heterocycles. The molecule has 6 nitrogen and oxygen atoms in total. The fourth-order valence-electron chi connectivity index (χ4n) is 1.42. The molecule has 2 heterocycles. The second-order valence-electron chi connectivity index (χ2n) is 4.31. The summed E-state index contributed by atoms with van der Waals surface area (Å²) < 4.78 is 39.2. The molecule has 2 N–H and O–H groups in total. The number of pyridine rings is 1. The number of aromatic amines is 1. The summed E-state index contributed by atoms with van der Waals surface area (Å²) in [5.41, 5.74) is 0.801. The van der Waals surface area contributed by atoms with Gasteiger partial charge in [0.05, 0.1) is 6.20 Å². The van der Waals surface area contributed by atoms with Crippen molar-refractivity contribution in [1.29, 1.82) is 0 Å². The van der Waals surface area contributed by atoms with Crippen LogP contribution in [-0.4, -0.2) is 23.6 Å². The molecule has 0 fully saturated rings. The van der Waals surface area contributed by atoms with Crippen molar-refractivity contribution in [2.45, 2.75) is 24.7 Å². The zero-order chi connectivity index (χ0) is 14.0. The number of sulfonamides is 1. The molecular formula is C11H13FN4O2S. The highest BCUT2D eigenvalue weighted by molar-refractivity contribution is 7.92. The summed E-state index contributed by atoms with van der Waals surface area (Å²) in [5, 5.41) is 6.57. The zero-order valence-electron chi connectivity index (χ0n) is 10.4. The first-order valence-corrected chi connectivity index (χ1v) is 7.05. The molecule has 0 spiro atoms. The number of halogens is 1. The molecule has 0 atom stereocenters. The molecule has 2 rings (SSSR count).